The molecule has 2 amide bonds. The highest BCUT2D eigenvalue weighted by atomic mass is 16.2. The van der Waals surface area contributed by atoms with E-state index in [4.69, 9.17) is 0 Å². The quantitative estimate of drug-likeness (QED) is 0.248. The third kappa shape index (κ3) is 2.72. The lowest BCUT2D eigenvalue weighted by molar-refractivity contribution is -0.140. The van der Waals surface area contributed by atoms with Gasteiger partial charge in [0.1, 0.15) is 0 Å². The molecule has 0 aromatic heterocycles. The van der Waals surface area contributed by atoms with Crippen molar-refractivity contribution in [2.24, 2.45) is 34.6 Å². The van der Waals surface area contributed by atoms with Crippen LogP contribution in [0, 0.1) is 29.6 Å². The molecule has 4 unspecified atom stereocenters. The lowest BCUT2D eigenvalue weighted by Crippen LogP contribution is -2.40. The van der Waals surface area contributed by atoms with Crippen LogP contribution < -0.4 is 10.6 Å². The maximum absolute atomic E-state index is 12.6. The van der Waals surface area contributed by atoms with Crippen molar-refractivity contribution in [3.05, 3.63) is 12.2 Å². The molecule has 3 aliphatic carbocycles. The number of nitrogens with one attached hydrogen (secondary N) is 2. The lowest BCUT2D eigenvalue weighted by Gasteiger charge is -2.18. The van der Waals surface area contributed by atoms with E-state index in [2.05, 4.69) is 27.8 Å². The minimum Gasteiger partial charge on any atom is -0.356 e. The first-order valence-corrected chi connectivity index (χ1v) is 9.17. The number of hydrogen-bond donors (Lipinski definition) is 2. The summed E-state index contributed by atoms with van der Waals surface area (Å²) in [5, 5.41) is 6.58. The lowest BCUT2D eigenvalue weighted by atomic mass is 9.85. The molecule has 3 fully saturated rings. The smallest absolute Gasteiger partial charge is 0.233 e. The first kappa shape index (κ1) is 15.7. The second kappa shape index (κ2) is 6.22. The number of amides is 2. The third-order valence-electron chi connectivity index (χ3n) is 5.89. The highest BCUT2D eigenvalue weighted by Gasteiger charge is 2.58. The van der Waals surface area contributed by atoms with Crippen molar-refractivity contribution in [2.45, 2.75) is 25.7 Å². The van der Waals surface area contributed by atoms with Gasteiger partial charge in [-0.1, -0.05) is 12.2 Å². The monoisotopic (exact) mass is 330 g/mol. The molecule has 4 rings (SSSR count). The van der Waals surface area contributed by atoms with Crippen molar-refractivity contribution in [1.29, 1.82) is 0 Å². The van der Waals surface area contributed by atoms with Gasteiger partial charge in [0, 0.05) is 26.7 Å². The van der Waals surface area contributed by atoms with Crippen LogP contribution in [0.5, 0.6) is 0 Å². The Morgan fingerprint density at radius 1 is 1.17 bits per heavy atom. The van der Waals surface area contributed by atoms with Gasteiger partial charge in [0.2, 0.25) is 11.8 Å². The number of aliphatic imine (C=N–C) groups is 1. The molecule has 0 radical (unpaired) electrons. The summed E-state index contributed by atoms with van der Waals surface area (Å²) in [5.74, 6) is 2.15. The van der Waals surface area contributed by atoms with Gasteiger partial charge in [0.25, 0.3) is 0 Å². The summed E-state index contributed by atoms with van der Waals surface area (Å²) >= 11 is 0. The van der Waals surface area contributed by atoms with Gasteiger partial charge in [-0.05, 0) is 43.4 Å². The van der Waals surface area contributed by atoms with Crippen LogP contribution in [0.25, 0.3) is 0 Å². The van der Waals surface area contributed by atoms with Crippen LogP contribution in [0.4, 0.5) is 0 Å². The summed E-state index contributed by atoms with van der Waals surface area (Å²) in [4.78, 5) is 30.8. The van der Waals surface area contributed by atoms with E-state index in [1.807, 2.05) is 0 Å². The predicted molar refractivity (Wildman–Crippen MR) is 91.1 cm³/mol. The SMILES string of the molecule is CN=C(NCCCN1C(=O)C2C3C=CC(C3)C2C1=O)NCC1CC1. The maximum Gasteiger partial charge on any atom is 0.233 e. The summed E-state index contributed by atoms with van der Waals surface area (Å²) in [6.45, 7) is 2.19. The first-order valence-electron chi connectivity index (χ1n) is 9.17. The normalized spacial score (nSPS) is 34.2. The molecule has 1 saturated heterocycles. The Kier molecular flexibility index (Phi) is 4.06. The zero-order chi connectivity index (χ0) is 16.7. The van der Waals surface area contributed by atoms with Gasteiger partial charge in [0.05, 0.1) is 11.8 Å². The van der Waals surface area contributed by atoms with E-state index in [1.54, 1.807) is 7.05 Å². The van der Waals surface area contributed by atoms with Gasteiger partial charge in [-0.15, -0.1) is 0 Å². The minimum atomic E-state index is -0.0755. The Morgan fingerprint density at radius 3 is 2.42 bits per heavy atom. The number of hydrogen-bond acceptors (Lipinski definition) is 3. The van der Waals surface area contributed by atoms with Crippen molar-refractivity contribution in [1.82, 2.24) is 15.5 Å². The fourth-order valence-electron chi connectivity index (χ4n) is 4.41. The number of fused-ring (bicyclic) bond motifs is 5. The van der Waals surface area contributed by atoms with Crippen LogP contribution in [0.1, 0.15) is 25.7 Å². The Bertz CT molecular complexity index is 566. The molecule has 1 aliphatic heterocycles. The van der Waals surface area contributed by atoms with E-state index in [-0.39, 0.29) is 23.7 Å². The van der Waals surface area contributed by atoms with Gasteiger partial charge in [-0.25, -0.2) is 0 Å². The minimum absolute atomic E-state index is 0.0538. The Hall–Kier alpha value is -1.85. The summed E-state index contributed by atoms with van der Waals surface area (Å²) in [6.07, 6.45) is 8.63. The summed E-state index contributed by atoms with van der Waals surface area (Å²) in [7, 11) is 1.76. The van der Waals surface area contributed by atoms with E-state index in [0.29, 0.717) is 24.9 Å². The number of nitrogens with zero attached hydrogens (tertiary/aromatic N) is 2. The summed E-state index contributed by atoms with van der Waals surface area (Å²) in [5.41, 5.74) is 0. The highest BCUT2D eigenvalue weighted by Crippen LogP contribution is 2.52. The van der Waals surface area contributed by atoms with Crippen LogP contribution in [0.2, 0.25) is 0 Å². The molecule has 4 aliphatic rings. The number of imide groups is 1. The fraction of sp³-hybridized carbons (Fsp3) is 0.722. The predicted octanol–water partition coefficient (Wildman–Crippen LogP) is 0.759. The van der Waals surface area contributed by atoms with Crippen molar-refractivity contribution >= 4 is 17.8 Å². The molecule has 2 saturated carbocycles. The maximum atomic E-state index is 12.6. The molecule has 2 bridgehead atoms. The molecule has 130 valence electrons. The molecule has 0 aromatic rings. The second-order valence-corrected chi connectivity index (χ2v) is 7.50. The standard InChI is InChI=1S/C18H26N4O2/c1-19-18(21-10-11-3-4-11)20-7-2-8-22-16(23)14-12-5-6-13(9-12)15(14)17(22)24/h5-6,11-15H,2-4,7-10H2,1H3,(H2,19,20,21). The van der Waals surface area contributed by atoms with Crippen LogP contribution in [0.15, 0.2) is 17.1 Å². The Labute approximate surface area is 142 Å². The van der Waals surface area contributed by atoms with Crippen LogP contribution >= 0.6 is 0 Å². The molecule has 0 spiro atoms. The van der Waals surface area contributed by atoms with E-state index in [1.165, 1.54) is 17.7 Å². The number of carbonyl (C=O) groups is 2. The molecule has 4 atom stereocenters. The van der Waals surface area contributed by atoms with Gasteiger partial charge in [-0.2, -0.15) is 0 Å². The van der Waals surface area contributed by atoms with Crippen molar-refractivity contribution in [2.75, 3.05) is 26.7 Å². The molecule has 24 heavy (non-hydrogen) atoms. The van der Waals surface area contributed by atoms with Gasteiger partial charge in [-0.3, -0.25) is 19.5 Å². The van der Waals surface area contributed by atoms with Crippen molar-refractivity contribution in [3.8, 4) is 0 Å². The highest BCUT2D eigenvalue weighted by molar-refractivity contribution is 6.06. The Morgan fingerprint density at radius 2 is 1.83 bits per heavy atom. The average Bonchev–Trinajstić information content (AvgIpc) is 3.09. The Balaban J connectivity index is 1.23. The zero-order valence-corrected chi connectivity index (χ0v) is 14.2. The van der Waals surface area contributed by atoms with Gasteiger partial charge in [0.15, 0.2) is 5.96 Å². The molecule has 1 heterocycles. The number of rotatable bonds is 6. The molecular formula is C18H26N4O2. The van der Waals surface area contributed by atoms with Crippen molar-refractivity contribution in [3.63, 3.8) is 0 Å². The summed E-state index contributed by atoms with van der Waals surface area (Å²) < 4.78 is 0. The number of likely N-dealkylation sites (tertiary alicyclic amines) is 1. The van der Waals surface area contributed by atoms with Gasteiger partial charge < -0.3 is 10.6 Å². The van der Waals surface area contributed by atoms with Crippen LogP contribution in [-0.4, -0.2) is 49.4 Å². The van der Waals surface area contributed by atoms with E-state index in [0.717, 1.165) is 31.3 Å². The molecule has 0 aromatic carbocycles. The van der Waals surface area contributed by atoms with E-state index < -0.39 is 0 Å². The fourth-order valence-corrected chi connectivity index (χ4v) is 4.41. The molecule has 6 heteroatoms. The average molecular weight is 330 g/mol. The number of allylic oxidation sites excluding steroid dienone is 2. The molecule has 6 nitrogen and oxygen atoms in total. The summed E-state index contributed by atoms with van der Waals surface area (Å²) in [6, 6.07) is 0. The topological polar surface area (TPSA) is 73.8 Å². The van der Waals surface area contributed by atoms with E-state index >= 15 is 0 Å². The van der Waals surface area contributed by atoms with E-state index in [9.17, 15) is 9.59 Å². The van der Waals surface area contributed by atoms with Crippen LogP contribution in [0.3, 0.4) is 0 Å². The van der Waals surface area contributed by atoms with Crippen molar-refractivity contribution < 1.29 is 9.59 Å². The molecule has 2 N–H and O–H groups in total. The second-order valence-electron chi connectivity index (χ2n) is 7.50. The first-order chi connectivity index (χ1) is 11.7. The zero-order valence-electron chi connectivity index (χ0n) is 14.2. The molecular weight excluding hydrogens is 304 g/mol. The van der Waals surface area contributed by atoms with Gasteiger partial charge >= 0.3 is 0 Å². The third-order valence-corrected chi connectivity index (χ3v) is 5.89. The number of carbonyl (C=O) groups excluding carboxylic acids is 2. The van der Waals surface area contributed by atoms with Crippen LogP contribution in [-0.2, 0) is 9.59 Å². The largest absolute Gasteiger partial charge is 0.356 e. The number of guanidine groups is 1.